The van der Waals surface area contributed by atoms with Crippen LogP contribution in [0.15, 0.2) is 46.9 Å². The van der Waals surface area contributed by atoms with E-state index in [2.05, 4.69) is 15.9 Å². The summed E-state index contributed by atoms with van der Waals surface area (Å²) in [6.45, 7) is 0. The van der Waals surface area contributed by atoms with Crippen LogP contribution in [0.25, 0.3) is 0 Å². The zero-order valence-corrected chi connectivity index (χ0v) is 11.6. The Balaban J connectivity index is 2.19. The predicted molar refractivity (Wildman–Crippen MR) is 73.6 cm³/mol. The molecule has 0 saturated heterocycles. The number of hydrogen-bond acceptors (Lipinski definition) is 1. The summed E-state index contributed by atoms with van der Waals surface area (Å²) in [4.78, 5) is 12.0. The molecule has 0 radical (unpaired) electrons. The summed E-state index contributed by atoms with van der Waals surface area (Å²) in [6.07, 6.45) is 0.210. The van der Waals surface area contributed by atoms with E-state index >= 15 is 0 Å². The molecule has 0 aliphatic heterocycles. The Morgan fingerprint density at radius 2 is 1.83 bits per heavy atom. The van der Waals surface area contributed by atoms with Crippen LogP contribution in [-0.4, -0.2) is 5.78 Å². The highest BCUT2D eigenvalue weighted by Gasteiger charge is 2.11. The van der Waals surface area contributed by atoms with Crippen molar-refractivity contribution >= 4 is 33.3 Å². The van der Waals surface area contributed by atoms with Gasteiger partial charge in [0.25, 0.3) is 0 Å². The third-order valence-corrected chi connectivity index (χ3v) is 3.32. The van der Waals surface area contributed by atoms with Crippen LogP contribution in [0, 0.1) is 5.82 Å². The molecule has 4 heteroatoms. The zero-order valence-electron chi connectivity index (χ0n) is 9.29. The lowest BCUT2D eigenvalue weighted by atomic mass is 10.0. The van der Waals surface area contributed by atoms with Gasteiger partial charge in [0.2, 0.25) is 0 Å². The van der Waals surface area contributed by atoms with Gasteiger partial charge in [-0.2, -0.15) is 0 Å². The molecule has 0 aliphatic carbocycles. The first-order valence-electron chi connectivity index (χ1n) is 5.29. The Kier molecular flexibility index (Phi) is 4.15. The minimum atomic E-state index is -0.312. The second-order valence-electron chi connectivity index (χ2n) is 3.85. The van der Waals surface area contributed by atoms with Gasteiger partial charge < -0.3 is 0 Å². The zero-order chi connectivity index (χ0) is 13.1. The molecule has 2 aromatic rings. The standard InChI is InChI=1S/C14H9BrClFO/c15-10-3-6-12(13(16)8-10)14(18)7-9-1-4-11(17)5-2-9/h1-6,8H,7H2. The SMILES string of the molecule is O=C(Cc1ccc(F)cc1)c1ccc(Br)cc1Cl. The summed E-state index contributed by atoms with van der Waals surface area (Å²) in [5.41, 5.74) is 1.24. The highest BCUT2D eigenvalue weighted by Crippen LogP contribution is 2.22. The molecule has 0 spiro atoms. The van der Waals surface area contributed by atoms with E-state index < -0.39 is 0 Å². The topological polar surface area (TPSA) is 17.1 Å². The van der Waals surface area contributed by atoms with Gasteiger partial charge in [0, 0.05) is 16.5 Å². The molecule has 0 aliphatic rings. The van der Waals surface area contributed by atoms with Crippen molar-refractivity contribution in [1.29, 1.82) is 0 Å². The molecule has 18 heavy (non-hydrogen) atoms. The van der Waals surface area contributed by atoms with Crippen molar-refractivity contribution < 1.29 is 9.18 Å². The monoisotopic (exact) mass is 326 g/mol. The second kappa shape index (κ2) is 5.63. The van der Waals surface area contributed by atoms with Crippen molar-refractivity contribution in [2.45, 2.75) is 6.42 Å². The van der Waals surface area contributed by atoms with Crippen LogP contribution in [0.1, 0.15) is 15.9 Å². The van der Waals surface area contributed by atoms with Gasteiger partial charge in [-0.15, -0.1) is 0 Å². The summed E-state index contributed by atoms with van der Waals surface area (Å²) in [5.74, 6) is -0.396. The van der Waals surface area contributed by atoms with Crippen LogP contribution in [0.5, 0.6) is 0 Å². The minimum absolute atomic E-state index is 0.0842. The Hall–Kier alpha value is -1.19. The van der Waals surface area contributed by atoms with Crippen LogP contribution in [-0.2, 0) is 6.42 Å². The number of hydrogen-bond donors (Lipinski definition) is 0. The normalized spacial score (nSPS) is 10.4. The van der Waals surface area contributed by atoms with E-state index in [-0.39, 0.29) is 18.0 Å². The van der Waals surface area contributed by atoms with Gasteiger partial charge in [0.1, 0.15) is 5.82 Å². The fraction of sp³-hybridized carbons (Fsp3) is 0.0714. The number of Topliss-reactive ketones (excluding diaryl/α,β-unsaturated/α-hetero) is 1. The van der Waals surface area contributed by atoms with E-state index in [1.54, 1.807) is 30.3 Å². The first-order valence-corrected chi connectivity index (χ1v) is 6.46. The Bertz CT molecular complexity index is 581. The highest BCUT2D eigenvalue weighted by molar-refractivity contribution is 9.10. The molecule has 2 aromatic carbocycles. The maximum absolute atomic E-state index is 12.7. The summed E-state index contributed by atoms with van der Waals surface area (Å²) >= 11 is 9.29. The number of carbonyl (C=O) groups excluding carboxylic acids is 1. The van der Waals surface area contributed by atoms with Crippen molar-refractivity contribution in [3.05, 3.63) is 68.9 Å². The lowest BCUT2D eigenvalue weighted by Crippen LogP contribution is -2.04. The summed E-state index contributed by atoms with van der Waals surface area (Å²) in [5, 5.41) is 0.413. The van der Waals surface area contributed by atoms with Gasteiger partial charge in [0.05, 0.1) is 5.02 Å². The minimum Gasteiger partial charge on any atom is -0.294 e. The number of carbonyl (C=O) groups is 1. The first kappa shape index (κ1) is 13.2. The molecule has 0 amide bonds. The Labute approximate surface area is 118 Å². The molecule has 0 N–H and O–H groups in total. The molecule has 0 aromatic heterocycles. The van der Waals surface area contributed by atoms with Crippen molar-refractivity contribution in [3.8, 4) is 0 Å². The number of ketones is 1. The van der Waals surface area contributed by atoms with Crippen LogP contribution in [0.3, 0.4) is 0 Å². The first-order chi connectivity index (χ1) is 8.56. The molecule has 92 valence electrons. The van der Waals surface area contributed by atoms with E-state index in [1.807, 2.05) is 0 Å². The van der Waals surface area contributed by atoms with Crippen molar-refractivity contribution in [2.24, 2.45) is 0 Å². The second-order valence-corrected chi connectivity index (χ2v) is 5.17. The lowest BCUT2D eigenvalue weighted by Gasteiger charge is -2.04. The van der Waals surface area contributed by atoms with Crippen LogP contribution in [0.2, 0.25) is 5.02 Å². The fourth-order valence-corrected chi connectivity index (χ4v) is 2.38. The molecule has 0 fully saturated rings. The molecule has 0 saturated carbocycles. The van der Waals surface area contributed by atoms with Crippen LogP contribution >= 0.6 is 27.5 Å². The molecule has 0 unspecified atom stereocenters. The molecule has 0 bridgehead atoms. The van der Waals surface area contributed by atoms with Gasteiger partial charge >= 0.3 is 0 Å². The Morgan fingerprint density at radius 1 is 1.17 bits per heavy atom. The van der Waals surface area contributed by atoms with E-state index in [9.17, 15) is 9.18 Å². The Morgan fingerprint density at radius 3 is 2.44 bits per heavy atom. The van der Waals surface area contributed by atoms with E-state index in [0.717, 1.165) is 10.0 Å². The predicted octanol–water partition coefficient (Wildman–Crippen LogP) is 4.67. The van der Waals surface area contributed by atoms with Gasteiger partial charge in [-0.1, -0.05) is 39.7 Å². The fourth-order valence-electron chi connectivity index (χ4n) is 1.60. The average Bonchev–Trinajstić information content (AvgIpc) is 2.32. The smallest absolute Gasteiger partial charge is 0.168 e. The van der Waals surface area contributed by atoms with Crippen LogP contribution < -0.4 is 0 Å². The quantitative estimate of drug-likeness (QED) is 0.749. The van der Waals surface area contributed by atoms with Crippen molar-refractivity contribution in [3.63, 3.8) is 0 Å². The van der Waals surface area contributed by atoms with Crippen LogP contribution in [0.4, 0.5) is 4.39 Å². The van der Waals surface area contributed by atoms with E-state index in [1.165, 1.54) is 12.1 Å². The third-order valence-electron chi connectivity index (χ3n) is 2.51. The highest BCUT2D eigenvalue weighted by atomic mass is 79.9. The van der Waals surface area contributed by atoms with E-state index in [4.69, 9.17) is 11.6 Å². The average molecular weight is 328 g/mol. The van der Waals surface area contributed by atoms with E-state index in [0.29, 0.717) is 10.6 Å². The summed E-state index contributed by atoms with van der Waals surface area (Å²) in [6, 6.07) is 11.0. The number of benzene rings is 2. The third kappa shape index (κ3) is 3.18. The summed E-state index contributed by atoms with van der Waals surface area (Å²) in [7, 11) is 0. The van der Waals surface area contributed by atoms with Crippen molar-refractivity contribution in [1.82, 2.24) is 0 Å². The number of rotatable bonds is 3. The summed E-state index contributed by atoms with van der Waals surface area (Å²) < 4.78 is 13.6. The lowest BCUT2D eigenvalue weighted by molar-refractivity contribution is 0.0993. The largest absolute Gasteiger partial charge is 0.294 e. The molecule has 0 heterocycles. The van der Waals surface area contributed by atoms with Crippen molar-refractivity contribution in [2.75, 3.05) is 0 Å². The maximum atomic E-state index is 12.7. The molecule has 2 rings (SSSR count). The maximum Gasteiger partial charge on any atom is 0.168 e. The molecular weight excluding hydrogens is 319 g/mol. The van der Waals surface area contributed by atoms with Gasteiger partial charge in [-0.3, -0.25) is 4.79 Å². The number of halogens is 3. The van der Waals surface area contributed by atoms with Gasteiger partial charge in [0.15, 0.2) is 5.78 Å². The van der Waals surface area contributed by atoms with Gasteiger partial charge in [-0.25, -0.2) is 4.39 Å². The molecule has 0 atom stereocenters. The van der Waals surface area contributed by atoms with Gasteiger partial charge in [-0.05, 0) is 35.9 Å². The molecular formula is C14H9BrClFO. The molecule has 1 nitrogen and oxygen atoms in total.